The lowest BCUT2D eigenvalue weighted by Gasteiger charge is -2.26. The van der Waals surface area contributed by atoms with Crippen LogP contribution in [0.25, 0.3) is 11.1 Å². The Morgan fingerprint density at radius 1 is 1.23 bits per heavy atom. The van der Waals surface area contributed by atoms with Crippen molar-refractivity contribution in [1.29, 1.82) is 0 Å². The monoisotopic (exact) mass is 422 g/mol. The first kappa shape index (κ1) is 20.4. The van der Waals surface area contributed by atoms with Gasteiger partial charge in [0.15, 0.2) is 5.13 Å². The predicted octanol–water partition coefficient (Wildman–Crippen LogP) is 4.33. The third-order valence-corrected chi connectivity index (χ3v) is 6.50. The van der Waals surface area contributed by atoms with Gasteiger partial charge < -0.3 is 10.2 Å². The van der Waals surface area contributed by atoms with Crippen LogP contribution in [0.3, 0.4) is 0 Å². The summed E-state index contributed by atoms with van der Waals surface area (Å²) in [7, 11) is 0. The van der Waals surface area contributed by atoms with E-state index < -0.39 is 0 Å². The molecular formula is C22H26N6OS. The fourth-order valence-corrected chi connectivity index (χ4v) is 4.96. The van der Waals surface area contributed by atoms with Crippen LogP contribution < -0.4 is 5.32 Å². The zero-order chi connectivity index (χ0) is 21.3. The van der Waals surface area contributed by atoms with E-state index in [1.54, 1.807) is 6.20 Å². The van der Waals surface area contributed by atoms with Crippen LogP contribution in [0.4, 0.5) is 5.13 Å². The smallest absolute Gasteiger partial charge is 0.266 e. The van der Waals surface area contributed by atoms with Crippen LogP contribution in [0.2, 0.25) is 0 Å². The highest BCUT2D eigenvalue weighted by atomic mass is 32.1. The lowest BCUT2D eigenvalue weighted by atomic mass is 9.97. The molecule has 1 N–H and O–H groups in total. The van der Waals surface area contributed by atoms with Crippen molar-refractivity contribution in [3.8, 4) is 11.1 Å². The summed E-state index contributed by atoms with van der Waals surface area (Å²) in [5.41, 5.74) is 4.78. The van der Waals surface area contributed by atoms with Gasteiger partial charge in [0, 0.05) is 37.2 Å². The second-order valence-corrected chi connectivity index (χ2v) is 8.53. The van der Waals surface area contributed by atoms with E-state index in [1.807, 2.05) is 51.1 Å². The van der Waals surface area contributed by atoms with Gasteiger partial charge in [0.05, 0.1) is 17.4 Å². The van der Waals surface area contributed by atoms with Crippen LogP contribution in [0.15, 0.2) is 24.7 Å². The highest BCUT2D eigenvalue weighted by Crippen LogP contribution is 2.39. The lowest BCUT2D eigenvalue weighted by molar-refractivity contribution is 0.0737. The van der Waals surface area contributed by atoms with Crippen LogP contribution in [-0.4, -0.2) is 43.8 Å². The minimum atomic E-state index is -0.0779. The quantitative estimate of drug-likeness (QED) is 0.659. The number of likely N-dealkylation sites (tertiary alicyclic amines) is 1. The number of pyridine rings is 1. The third-order valence-electron chi connectivity index (χ3n) is 5.40. The van der Waals surface area contributed by atoms with Crippen LogP contribution in [-0.2, 0) is 0 Å². The maximum Gasteiger partial charge on any atom is 0.266 e. The maximum atomic E-state index is 13.5. The summed E-state index contributed by atoms with van der Waals surface area (Å²) in [6.45, 7) is 9.35. The summed E-state index contributed by atoms with van der Waals surface area (Å²) in [6.07, 6.45) is 7.34. The molecule has 0 spiro atoms. The van der Waals surface area contributed by atoms with Crippen LogP contribution in [0.1, 0.15) is 58.3 Å². The average molecular weight is 423 g/mol. The lowest BCUT2D eigenvalue weighted by Crippen LogP contribution is -2.31. The molecule has 1 fully saturated rings. The molecule has 156 valence electrons. The summed E-state index contributed by atoms with van der Waals surface area (Å²) in [4.78, 5) is 34.1. The molecule has 0 saturated carbocycles. The number of nitrogens with zero attached hydrogens (tertiary/aromatic N) is 5. The Kier molecular flexibility index (Phi) is 5.76. The number of rotatable bonds is 5. The summed E-state index contributed by atoms with van der Waals surface area (Å²) < 4.78 is 0. The van der Waals surface area contributed by atoms with Gasteiger partial charge in [0.2, 0.25) is 0 Å². The van der Waals surface area contributed by atoms with E-state index in [9.17, 15) is 4.79 Å². The summed E-state index contributed by atoms with van der Waals surface area (Å²) >= 11 is 1.43. The fraction of sp³-hybridized carbons (Fsp3) is 0.409. The third kappa shape index (κ3) is 3.79. The van der Waals surface area contributed by atoms with Gasteiger partial charge in [-0.3, -0.25) is 9.78 Å². The van der Waals surface area contributed by atoms with E-state index in [4.69, 9.17) is 4.98 Å². The Balaban J connectivity index is 1.73. The number of amides is 1. The second kappa shape index (κ2) is 8.47. The standard InChI is InChI=1S/C22H26N6OS/c1-5-24-22-26-14(3)20(30-22)21(29)28-10-6-7-18(28)19-17(12-25-15(4)27-19)16-8-9-23-11-13(16)2/h8-9,11-12,18H,5-7,10H2,1-4H3,(H,24,26)/t18-/m0/s1. The molecule has 4 rings (SSSR count). The fourth-order valence-electron chi connectivity index (χ4n) is 3.97. The molecule has 4 heterocycles. The maximum absolute atomic E-state index is 13.5. The molecule has 0 radical (unpaired) electrons. The molecule has 8 heteroatoms. The molecule has 0 unspecified atom stereocenters. The molecule has 1 aliphatic heterocycles. The number of aromatic nitrogens is 4. The predicted molar refractivity (Wildman–Crippen MR) is 119 cm³/mol. The molecule has 1 saturated heterocycles. The van der Waals surface area contributed by atoms with Crippen molar-refractivity contribution in [3.63, 3.8) is 0 Å². The van der Waals surface area contributed by atoms with Crippen molar-refractivity contribution in [1.82, 2.24) is 24.8 Å². The molecule has 1 aliphatic rings. The van der Waals surface area contributed by atoms with Crippen molar-refractivity contribution in [3.05, 3.63) is 52.3 Å². The zero-order valence-corrected chi connectivity index (χ0v) is 18.6. The van der Waals surface area contributed by atoms with Crippen LogP contribution >= 0.6 is 11.3 Å². The number of nitrogens with one attached hydrogen (secondary N) is 1. The van der Waals surface area contributed by atoms with Gasteiger partial charge in [-0.05, 0) is 57.7 Å². The highest BCUT2D eigenvalue weighted by Gasteiger charge is 2.35. The van der Waals surface area contributed by atoms with Gasteiger partial charge >= 0.3 is 0 Å². The highest BCUT2D eigenvalue weighted by molar-refractivity contribution is 7.17. The van der Waals surface area contributed by atoms with Crippen molar-refractivity contribution in [2.75, 3.05) is 18.4 Å². The number of aryl methyl sites for hydroxylation is 3. The Morgan fingerprint density at radius 3 is 2.83 bits per heavy atom. The number of hydrogen-bond donors (Lipinski definition) is 1. The van der Waals surface area contributed by atoms with E-state index >= 15 is 0 Å². The van der Waals surface area contributed by atoms with E-state index in [-0.39, 0.29) is 11.9 Å². The van der Waals surface area contributed by atoms with Crippen molar-refractivity contribution >= 4 is 22.4 Å². The summed E-state index contributed by atoms with van der Waals surface area (Å²) in [6, 6.07) is 1.91. The molecule has 1 atom stereocenters. The first-order valence-corrected chi connectivity index (χ1v) is 11.1. The molecule has 0 aromatic carbocycles. The van der Waals surface area contributed by atoms with Gasteiger partial charge in [-0.1, -0.05) is 11.3 Å². The van der Waals surface area contributed by atoms with Crippen molar-refractivity contribution in [2.45, 2.75) is 46.6 Å². The first-order valence-electron chi connectivity index (χ1n) is 10.3. The molecule has 7 nitrogen and oxygen atoms in total. The molecule has 0 aliphatic carbocycles. The van der Waals surface area contributed by atoms with Gasteiger partial charge in [-0.15, -0.1) is 0 Å². The van der Waals surface area contributed by atoms with Gasteiger partial charge in [0.1, 0.15) is 10.7 Å². The molecule has 3 aromatic heterocycles. The first-order chi connectivity index (χ1) is 14.5. The van der Waals surface area contributed by atoms with E-state index in [0.717, 1.165) is 59.1 Å². The Bertz CT molecular complexity index is 1080. The van der Waals surface area contributed by atoms with Gasteiger partial charge in [-0.25, -0.2) is 15.0 Å². The van der Waals surface area contributed by atoms with E-state index in [0.29, 0.717) is 10.7 Å². The van der Waals surface area contributed by atoms with Crippen molar-refractivity contribution in [2.24, 2.45) is 0 Å². The summed E-state index contributed by atoms with van der Waals surface area (Å²) in [5.74, 6) is 0.744. The molecule has 3 aromatic rings. The Labute approximate surface area is 180 Å². The number of hydrogen-bond acceptors (Lipinski definition) is 7. The molecule has 30 heavy (non-hydrogen) atoms. The normalized spacial score (nSPS) is 16.1. The number of thiazole rings is 1. The molecular weight excluding hydrogens is 396 g/mol. The largest absolute Gasteiger partial charge is 0.362 e. The minimum absolute atomic E-state index is 0.0327. The van der Waals surface area contributed by atoms with Crippen LogP contribution in [0.5, 0.6) is 0 Å². The minimum Gasteiger partial charge on any atom is -0.362 e. The average Bonchev–Trinajstić information content (AvgIpc) is 3.35. The van der Waals surface area contributed by atoms with E-state index in [1.165, 1.54) is 11.3 Å². The van der Waals surface area contributed by atoms with Crippen molar-refractivity contribution < 1.29 is 4.79 Å². The topological polar surface area (TPSA) is 83.9 Å². The number of carbonyl (C=O) groups is 1. The Hall–Kier alpha value is -2.87. The van der Waals surface area contributed by atoms with E-state index in [2.05, 4.69) is 20.3 Å². The molecule has 1 amide bonds. The summed E-state index contributed by atoms with van der Waals surface area (Å²) in [5, 5.41) is 4.00. The SMILES string of the molecule is CCNc1nc(C)c(C(=O)N2CCC[C@H]2c2nc(C)ncc2-c2ccncc2C)s1. The zero-order valence-electron chi connectivity index (χ0n) is 17.8. The Morgan fingerprint density at radius 2 is 2.07 bits per heavy atom. The molecule has 0 bridgehead atoms. The van der Waals surface area contributed by atoms with Crippen LogP contribution in [0, 0.1) is 20.8 Å². The second-order valence-electron chi connectivity index (χ2n) is 7.53. The van der Waals surface area contributed by atoms with Gasteiger partial charge in [0.25, 0.3) is 5.91 Å². The van der Waals surface area contributed by atoms with Gasteiger partial charge in [-0.2, -0.15) is 0 Å². The number of carbonyl (C=O) groups excluding carboxylic acids is 1. The number of anilines is 1.